The molecule has 28 heavy (non-hydrogen) atoms. The van der Waals surface area contributed by atoms with E-state index in [-0.39, 0.29) is 0 Å². The fraction of sp³-hybridized carbons (Fsp3) is 0.421. The Hall–Kier alpha value is -2.84. The summed E-state index contributed by atoms with van der Waals surface area (Å²) < 4.78 is 43.3. The number of carbonyl (C=O) groups excluding carboxylic acids is 3. The van der Waals surface area contributed by atoms with Crippen molar-refractivity contribution in [3.05, 3.63) is 47.0 Å². The van der Waals surface area contributed by atoms with E-state index in [2.05, 4.69) is 16.1 Å². The fourth-order valence-corrected chi connectivity index (χ4v) is 2.79. The summed E-state index contributed by atoms with van der Waals surface area (Å²) in [6, 6.07) is 3.33. The maximum atomic E-state index is 12.9. The normalized spacial score (nSPS) is 14.0. The summed E-state index contributed by atoms with van der Waals surface area (Å²) >= 11 is 0. The van der Waals surface area contributed by atoms with Crippen molar-refractivity contribution in [3.63, 3.8) is 0 Å². The molecule has 0 saturated heterocycles. The first-order valence-corrected chi connectivity index (χ1v) is 8.86. The Labute approximate surface area is 160 Å². The van der Waals surface area contributed by atoms with Gasteiger partial charge in [-0.15, -0.1) is 0 Å². The van der Waals surface area contributed by atoms with Crippen molar-refractivity contribution < 1.29 is 32.3 Å². The van der Waals surface area contributed by atoms with Crippen LogP contribution in [0.3, 0.4) is 0 Å². The maximum Gasteiger partial charge on any atom is 0.417 e. The number of carbonyl (C=O) groups is 3. The van der Waals surface area contributed by atoms with Gasteiger partial charge in [0.1, 0.15) is 0 Å². The van der Waals surface area contributed by atoms with Crippen molar-refractivity contribution in [2.24, 2.45) is 0 Å². The Bertz CT molecular complexity index is 760. The van der Waals surface area contributed by atoms with Crippen LogP contribution in [0.4, 0.5) is 18.0 Å². The number of allylic oxidation sites excluding steroid dienone is 1. The molecule has 0 fully saturated rings. The Balaban J connectivity index is 1.75. The minimum Gasteiger partial charge on any atom is -0.452 e. The van der Waals surface area contributed by atoms with Gasteiger partial charge in [0.25, 0.3) is 5.91 Å². The molecule has 6 nitrogen and oxygen atoms in total. The predicted octanol–water partition coefficient (Wildman–Crippen LogP) is 3.58. The van der Waals surface area contributed by atoms with Crippen molar-refractivity contribution >= 4 is 17.9 Å². The molecule has 0 atom stereocenters. The number of urea groups is 1. The van der Waals surface area contributed by atoms with Gasteiger partial charge in [-0.25, -0.2) is 9.59 Å². The van der Waals surface area contributed by atoms with Crippen molar-refractivity contribution in [3.8, 4) is 0 Å². The topological polar surface area (TPSA) is 84.5 Å². The number of alkyl halides is 3. The minimum absolute atomic E-state index is 0.351. The molecule has 1 aliphatic rings. The van der Waals surface area contributed by atoms with Gasteiger partial charge in [-0.05, 0) is 44.2 Å². The molecule has 2 N–H and O–H groups in total. The number of nitrogens with one attached hydrogen (secondary N) is 2. The molecule has 0 heterocycles. The minimum atomic E-state index is -4.73. The average Bonchev–Trinajstić information content (AvgIpc) is 2.66. The van der Waals surface area contributed by atoms with E-state index in [9.17, 15) is 27.6 Å². The number of ether oxygens (including phenoxy) is 1. The molecular formula is C19H21F3N2O4. The van der Waals surface area contributed by atoms with Crippen molar-refractivity contribution in [1.29, 1.82) is 0 Å². The Morgan fingerprint density at radius 2 is 1.86 bits per heavy atom. The highest BCUT2D eigenvalue weighted by Crippen LogP contribution is 2.32. The molecule has 1 aromatic carbocycles. The van der Waals surface area contributed by atoms with Gasteiger partial charge in [0, 0.05) is 6.54 Å². The van der Waals surface area contributed by atoms with E-state index in [1.807, 2.05) is 5.32 Å². The van der Waals surface area contributed by atoms with Crippen LogP contribution in [0.2, 0.25) is 0 Å². The van der Waals surface area contributed by atoms with Crippen molar-refractivity contribution in [2.75, 3.05) is 13.2 Å². The average molecular weight is 398 g/mol. The van der Waals surface area contributed by atoms with Crippen molar-refractivity contribution in [1.82, 2.24) is 10.6 Å². The number of benzene rings is 1. The summed E-state index contributed by atoms with van der Waals surface area (Å²) in [5.74, 6) is -2.24. The summed E-state index contributed by atoms with van der Waals surface area (Å²) in [4.78, 5) is 35.1. The van der Waals surface area contributed by atoms with Crippen LogP contribution in [0.25, 0.3) is 0 Å². The Morgan fingerprint density at radius 1 is 1.11 bits per heavy atom. The highest BCUT2D eigenvalue weighted by Gasteiger charge is 2.35. The van der Waals surface area contributed by atoms with Crippen LogP contribution in [0.5, 0.6) is 0 Å². The van der Waals surface area contributed by atoms with E-state index >= 15 is 0 Å². The van der Waals surface area contributed by atoms with E-state index < -0.39 is 41.8 Å². The van der Waals surface area contributed by atoms with E-state index in [1.165, 1.54) is 11.6 Å². The van der Waals surface area contributed by atoms with Crippen LogP contribution in [-0.2, 0) is 15.7 Å². The summed E-state index contributed by atoms with van der Waals surface area (Å²) in [7, 11) is 0. The molecule has 1 aromatic rings. The largest absolute Gasteiger partial charge is 0.452 e. The van der Waals surface area contributed by atoms with Gasteiger partial charge in [-0.2, -0.15) is 13.2 Å². The second-order valence-corrected chi connectivity index (χ2v) is 6.28. The molecule has 0 saturated carbocycles. The molecule has 1 aliphatic carbocycles. The molecule has 0 bridgehead atoms. The third-order valence-corrected chi connectivity index (χ3v) is 4.16. The number of hydrogen-bond acceptors (Lipinski definition) is 4. The first kappa shape index (κ1) is 21.5. The lowest BCUT2D eigenvalue weighted by atomic mass is 9.97. The highest BCUT2D eigenvalue weighted by atomic mass is 19.4. The second-order valence-electron chi connectivity index (χ2n) is 6.28. The number of rotatable bonds is 6. The summed E-state index contributed by atoms with van der Waals surface area (Å²) in [5.41, 5.74) is -0.599. The summed E-state index contributed by atoms with van der Waals surface area (Å²) in [6.45, 7) is -0.521. The Kier molecular flexibility index (Phi) is 7.60. The van der Waals surface area contributed by atoms with Gasteiger partial charge in [0.05, 0.1) is 11.1 Å². The summed E-state index contributed by atoms with van der Waals surface area (Å²) in [5, 5.41) is 4.47. The van der Waals surface area contributed by atoms with Gasteiger partial charge in [0.2, 0.25) is 0 Å². The monoisotopic (exact) mass is 398 g/mol. The number of imide groups is 1. The van der Waals surface area contributed by atoms with Crippen LogP contribution in [0.1, 0.15) is 48.0 Å². The molecule has 0 aliphatic heterocycles. The molecule has 0 radical (unpaired) electrons. The number of amides is 3. The van der Waals surface area contributed by atoms with Crippen LogP contribution in [0, 0.1) is 0 Å². The number of esters is 1. The molecular weight excluding hydrogens is 377 g/mol. The van der Waals surface area contributed by atoms with E-state index in [1.54, 1.807) is 0 Å². The van der Waals surface area contributed by atoms with Gasteiger partial charge in [-0.3, -0.25) is 10.1 Å². The van der Waals surface area contributed by atoms with Gasteiger partial charge >= 0.3 is 18.2 Å². The van der Waals surface area contributed by atoms with Gasteiger partial charge < -0.3 is 10.1 Å². The van der Waals surface area contributed by atoms with Gasteiger partial charge in [-0.1, -0.05) is 23.8 Å². The third-order valence-electron chi connectivity index (χ3n) is 4.16. The smallest absolute Gasteiger partial charge is 0.417 e. The zero-order valence-corrected chi connectivity index (χ0v) is 15.1. The zero-order valence-electron chi connectivity index (χ0n) is 15.1. The fourth-order valence-electron chi connectivity index (χ4n) is 2.79. The number of hydrogen-bond donors (Lipinski definition) is 2. The predicted molar refractivity (Wildman–Crippen MR) is 94.4 cm³/mol. The molecule has 9 heteroatoms. The SMILES string of the molecule is O=C(COC(=O)c1ccccc1C(F)(F)F)NC(=O)NCCC1=CCCCC1. The highest BCUT2D eigenvalue weighted by molar-refractivity contribution is 5.97. The van der Waals surface area contributed by atoms with E-state index in [4.69, 9.17) is 0 Å². The molecule has 0 unspecified atom stereocenters. The second kappa shape index (κ2) is 9.91. The van der Waals surface area contributed by atoms with E-state index in [0.29, 0.717) is 13.0 Å². The molecule has 152 valence electrons. The Morgan fingerprint density at radius 3 is 2.54 bits per heavy atom. The lowest BCUT2D eigenvalue weighted by Gasteiger charge is -2.13. The van der Waals surface area contributed by atoms with Crippen LogP contribution in [0.15, 0.2) is 35.9 Å². The third kappa shape index (κ3) is 6.71. The summed E-state index contributed by atoms with van der Waals surface area (Å²) in [6.07, 6.45) is 2.42. The molecule has 3 amide bonds. The van der Waals surface area contributed by atoms with E-state index in [0.717, 1.165) is 43.9 Å². The molecule has 0 spiro atoms. The van der Waals surface area contributed by atoms with Crippen molar-refractivity contribution in [2.45, 2.75) is 38.3 Å². The lowest BCUT2D eigenvalue weighted by molar-refractivity contribution is -0.138. The number of halogens is 3. The first-order chi connectivity index (χ1) is 13.3. The van der Waals surface area contributed by atoms with Crippen LogP contribution < -0.4 is 10.6 Å². The maximum absolute atomic E-state index is 12.9. The molecule has 0 aromatic heterocycles. The van der Waals surface area contributed by atoms with Crippen LogP contribution in [-0.4, -0.2) is 31.1 Å². The molecule has 2 rings (SSSR count). The first-order valence-electron chi connectivity index (χ1n) is 8.86. The lowest BCUT2D eigenvalue weighted by Crippen LogP contribution is -2.41. The standard InChI is InChI=1S/C19H21F3N2O4/c20-19(21,22)15-9-5-4-8-14(15)17(26)28-12-16(25)24-18(27)23-11-10-13-6-2-1-3-7-13/h4-6,8-9H,1-3,7,10-12H2,(H2,23,24,25,27). The zero-order chi connectivity index (χ0) is 20.6. The van der Waals surface area contributed by atoms with Gasteiger partial charge in [0.15, 0.2) is 6.61 Å². The quantitative estimate of drug-likeness (QED) is 0.567. The van der Waals surface area contributed by atoms with Crippen LogP contribution >= 0.6 is 0 Å².